The van der Waals surface area contributed by atoms with Crippen LogP contribution in [0.25, 0.3) is 0 Å². The summed E-state index contributed by atoms with van der Waals surface area (Å²) in [6.45, 7) is 1.86. The first-order valence-electron chi connectivity index (χ1n) is 6.87. The zero-order chi connectivity index (χ0) is 14.3. The van der Waals surface area contributed by atoms with E-state index in [1.54, 1.807) is 12.1 Å². The second-order valence-electron chi connectivity index (χ2n) is 5.71. The Labute approximate surface area is 117 Å². The van der Waals surface area contributed by atoms with Crippen LogP contribution in [0.2, 0.25) is 0 Å². The van der Waals surface area contributed by atoms with Gasteiger partial charge in [-0.3, -0.25) is 4.79 Å². The first kappa shape index (κ1) is 12.9. The Morgan fingerprint density at radius 1 is 1.25 bits per heavy atom. The Balaban J connectivity index is 1.77. The van der Waals surface area contributed by atoms with Gasteiger partial charge in [-0.15, -0.1) is 0 Å². The summed E-state index contributed by atoms with van der Waals surface area (Å²) in [5.41, 5.74) is 1.67. The van der Waals surface area contributed by atoms with E-state index in [0.717, 1.165) is 18.4 Å². The van der Waals surface area contributed by atoms with Gasteiger partial charge >= 0.3 is 5.97 Å². The molecule has 1 aromatic rings. The minimum atomic E-state index is -0.983. The lowest BCUT2D eigenvalue weighted by Crippen LogP contribution is -2.26. The predicted octanol–water partition coefficient (Wildman–Crippen LogP) is 2.84. The van der Waals surface area contributed by atoms with E-state index in [-0.39, 0.29) is 17.4 Å². The van der Waals surface area contributed by atoms with Crippen LogP contribution < -0.4 is 5.32 Å². The molecular weight excluding hydrogens is 254 g/mol. The zero-order valence-corrected chi connectivity index (χ0v) is 11.3. The number of carbonyl (C=O) groups is 2. The Kier molecular flexibility index (Phi) is 3.08. The SMILES string of the molecule is Cc1ccc(C(=O)O)cc1NC(=O)C1CC2C=CC1C2. The van der Waals surface area contributed by atoms with Crippen molar-refractivity contribution in [2.24, 2.45) is 17.8 Å². The predicted molar refractivity (Wildman–Crippen MR) is 75.6 cm³/mol. The number of hydrogen-bond donors (Lipinski definition) is 2. The quantitative estimate of drug-likeness (QED) is 0.831. The number of anilines is 1. The normalized spacial score (nSPS) is 26.8. The van der Waals surface area contributed by atoms with Gasteiger partial charge in [-0.2, -0.15) is 0 Å². The van der Waals surface area contributed by atoms with Gasteiger partial charge in [-0.1, -0.05) is 18.2 Å². The van der Waals surface area contributed by atoms with Gasteiger partial charge in [-0.25, -0.2) is 4.79 Å². The van der Waals surface area contributed by atoms with Gasteiger partial charge in [0.15, 0.2) is 0 Å². The number of nitrogens with one attached hydrogen (secondary N) is 1. The van der Waals surface area contributed by atoms with Gasteiger partial charge in [0.1, 0.15) is 0 Å². The van der Waals surface area contributed by atoms with Crippen LogP contribution in [0, 0.1) is 24.7 Å². The van der Waals surface area contributed by atoms with Crippen molar-refractivity contribution in [2.45, 2.75) is 19.8 Å². The van der Waals surface area contributed by atoms with E-state index < -0.39 is 5.97 Å². The Bertz CT molecular complexity index is 606. The summed E-state index contributed by atoms with van der Waals surface area (Å²) in [5, 5.41) is 11.9. The summed E-state index contributed by atoms with van der Waals surface area (Å²) in [5.74, 6) is -0.0566. The number of fused-ring (bicyclic) bond motifs is 2. The Morgan fingerprint density at radius 2 is 2.05 bits per heavy atom. The van der Waals surface area contributed by atoms with Crippen LogP contribution in [0.4, 0.5) is 5.69 Å². The van der Waals surface area contributed by atoms with Crippen molar-refractivity contribution in [2.75, 3.05) is 5.32 Å². The van der Waals surface area contributed by atoms with E-state index >= 15 is 0 Å². The number of benzene rings is 1. The van der Waals surface area contributed by atoms with Crippen LogP contribution in [0.5, 0.6) is 0 Å². The molecule has 104 valence electrons. The molecule has 0 aliphatic heterocycles. The van der Waals surface area contributed by atoms with E-state index in [1.807, 2.05) is 6.92 Å². The average molecular weight is 271 g/mol. The standard InChI is InChI=1S/C16H17NO3/c1-9-2-4-12(16(19)20)8-14(9)17-15(18)13-7-10-3-5-11(13)6-10/h2-5,8,10-11,13H,6-7H2,1H3,(H,17,18)(H,19,20). The summed E-state index contributed by atoms with van der Waals surface area (Å²) in [4.78, 5) is 23.3. The fourth-order valence-electron chi connectivity index (χ4n) is 3.20. The average Bonchev–Trinajstić information content (AvgIpc) is 3.03. The fourth-order valence-corrected chi connectivity index (χ4v) is 3.20. The van der Waals surface area contributed by atoms with Crippen LogP contribution in [0.1, 0.15) is 28.8 Å². The molecule has 1 aromatic carbocycles. The monoisotopic (exact) mass is 271 g/mol. The highest BCUT2D eigenvalue weighted by molar-refractivity contribution is 5.96. The highest BCUT2D eigenvalue weighted by Crippen LogP contribution is 2.43. The van der Waals surface area contributed by atoms with Gasteiger partial charge in [0, 0.05) is 11.6 Å². The summed E-state index contributed by atoms with van der Waals surface area (Å²) < 4.78 is 0. The lowest BCUT2D eigenvalue weighted by atomic mass is 9.92. The van der Waals surface area contributed by atoms with Crippen molar-refractivity contribution in [3.8, 4) is 0 Å². The molecule has 0 spiro atoms. The van der Waals surface area contributed by atoms with Crippen LogP contribution in [0.15, 0.2) is 30.4 Å². The molecule has 1 saturated carbocycles. The molecule has 0 radical (unpaired) electrons. The molecule has 0 aromatic heterocycles. The number of hydrogen-bond acceptors (Lipinski definition) is 2. The van der Waals surface area contributed by atoms with Crippen molar-refractivity contribution in [3.05, 3.63) is 41.5 Å². The molecule has 3 rings (SSSR count). The van der Waals surface area contributed by atoms with Crippen LogP contribution in [-0.4, -0.2) is 17.0 Å². The molecule has 2 aliphatic rings. The Morgan fingerprint density at radius 3 is 2.65 bits per heavy atom. The molecule has 1 amide bonds. The van der Waals surface area contributed by atoms with Crippen LogP contribution >= 0.6 is 0 Å². The maximum atomic E-state index is 12.3. The molecule has 20 heavy (non-hydrogen) atoms. The van der Waals surface area contributed by atoms with Gasteiger partial charge in [0.2, 0.25) is 5.91 Å². The summed E-state index contributed by atoms with van der Waals surface area (Å²) in [6, 6.07) is 4.80. The van der Waals surface area contributed by atoms with Gasteiger partial charge in [0.25, 0.3) is 0 Å². The first-order valence-corrected chi connectivity index (χ1v) is 6.87. The number of carboxylic acids is 1. The molecule has 3 atom stereocenters. The number of rotatable bonds is 3. The lowest BCUT2D eigenvalue weighted by Gasteiger charge is -2.18. The highest BCUT2D eigenvalue weighted by atomic mass is 16.4. The minimum absolute atomic E-state index is 0.00693. The molecule has 0 saturated heterocycles. The lowest BCUT2D eigenvalue weighted by molar-refractivity contribution is -0.120. The smallest absolute Gasteiger partial charge is 0.335 e. The van der Waals surface area contributed by atoms with Crippen LogP contribution in [-0.2, 0) is 4.79 Å². The van der Waals surface area contributed by atoms with Crippen molar-refractivity contribution < 1.29 is 14.7 Å². The second-order valence-corrected chi connectivity index (χ2v) is 5.71. The van der Waals surface area contributed by atoms with E-state index in [0.29, 0.717) is 17.5 Å². The molecule has 2 N–H and O–H groups in total. The van der Waals surface area contributed by atoms with Gasteiger partial charge in [0.05, 0.1) is 5.56 Å². The molecule has 2 aliphatic carbocycles. The largest absolute Gasteiger partial charge is 0.478 e. The van der Waals surface area contributed by atoms with Crippen molar-refractivity contribution in [3.63, 3.8) is 0 Å². The number of carbonyl (C=O) groups excluding carboxylic acids is 1. The van der Waals surface area contributed by atoms with Crippen molar-refractivity contribution in [1.82, 2.24) is 0 Å². The molecule has 2 bridgehead atoms. The van der Waals surface area contributed by atoms with E-state index in [2.05, 4.69) is 17.5 Å². The Hall–Kier alpha value is -2.10. The summed E-state index contributed by atoms with van der Waals surface area (Å²) in [7, 11) is 0. The first-order chi connectivity index (χ1) is 9.54. The summed E-state index contributed by atoms with van der Waals surface area (Å²) in [6.07, 6.45) is 6.32. The fraction of sp³-hybridized carbons (Fsp3) is 0.375. The van der Waals surface area contributed by atoms with E-state index in [4.69, 9.17) is 5.11 Å². The molecule has 0 heterocycles. The minimum Gasteiger partial charge on any atom is -0.478 e. The second kappa shape index (κ2) is 4.78. The van der Waals surface area contributed by atoms with Crippen molar-refractivity contribution in [1.29, 1.82) is 0 Å². The maximum absolute atomic E-state index is 12.3. The number of amides is 1. The molecule has 3 unspecified atom stereocenters. The number of allylic oxidation sites excluding steroid dienone is 2. The highest BCUT2D eigenvalue weighted by Gasteiger charge is 2.39. The summed E-state index contributed by atoms with van der Waals surface area (Å²) >= 11 is 0. The topological polar surface area (TPSA) is 66.4 Å². The molecule has 4 nitrogen and oxygen atoms in total. The van der Waals surface area contributed by atoms with Crippen LogP contribution in [0.3, 0.4) is 0 Å². The molecule has 4 heteroatoms. The number of aromatic carboxylic acids is 1. The third-order valence-corrected chi connectivity index (χ3v) is 4.36. The molecular formula is C16H17NO3. The van der Waals surface area contributed by atoms with Gasteiger partial charge in [-0.05, 0) is 49.3 Å². The van der Waals surface area contributed by atoms with Gasteiger partial charge < -0.3 is 10.4 Å². The number of aryl methyl sites for hydroxylation is 1. The zero-order valence-electron chi connectivity index (χ0n) is 11.3. The third kappa shape index (κ3) is 2.22. The number of carboxylic acid groups (broad SMARTS) is 1. The van der Waals surface area contributed by atoms with E-state index in [9.17, 15) is 9.59 Å². The molecule has 1 fully saturated rings. The maximum Gasteiger partial charge on any atom is 0.335 e. The van der Waals surface area contributed by atoms with Crippen molar-refractivity contribution >= 4 is 17.6 Å². The third-order valence-electron chi connectivity index (χ3n) is 4.36. The van der Waals surface area contributed by atoms with E-state index in [1.165, 1.54) is 6.07 Å².